The Bertz CT molecular complexity index is 324. The Labute approximate surface area is 93.3 Å². The Morgan fingerprint density at radius 1 is 1.67 bits per heavy atom. The molecule has 0 aliphatic heterocycles. The number of hydrogen-bond donors (Lipinski definition) is 1. The fraction of sp³-hybridized carbons (Fsp3) is 0.700. The van der Waals surface area contributed by atoms with Crippen LogP contribution >= 0.6 is 0 Å². The molecule has 0 bridgehead atoms. The van der Waals surface area contributed by atoms with E-state index in [1.165, 1.54) is 0 Å². The van der Waals surface area contributed by atoms with Gasteiger partial charge in [-0.1, -0.05) is 6.92 Å². The Morgan fingerprint density at radius 2 is 2.40 bits per heavy atom. The summed E-state index contributed by atoms with van der Waals surface area (Å²) in [5, 5.41) is 4.27. The van der Waals surface area contributed by atoms with E-state index >= 15 is 0 Å². The Hall–Kier alpha value is -0.680. The van der Waals surface area contributed by atoms with E-state index in [2.05, 4.69) is 5.10 Å². The zero-order valence-corrected chi connectivity index (χ0v) is 10.2. The van der Waals surface area contributed by atoms with Gasteiger partial charge < -0.3 is 5.73 Å². The SMILES string of the molecule is CC(CCN)S(=O)CCc1cnn(C)c1. The fourth-order valence-corrected chi connectivity index (χ4v) is 2.62. The largest absolute Gasteiger partial charge is 0.330 e. The van der Waals surface area contributed by atoms with E-state index < -0.39 is 10.8 Å². The first-order valence-corrected chi connectivity index (χ1v) is 6.56. The van der Waals surface area contributed by atoms with Crippen LogP contribution in [0.2, 0.25) is 0 Å². The summed E-state index contributed by atoms with van der Waals surface area (Å²) in [5.74, 6) is 0.701. The highest BCUT2D eigenvalue weighted by molar-refractivity contribution is 7.85. The summed E-state index contributed by atoms with van der Waals surface area (Å²) in [6.07, 6.45) is 5.45. The van der Waals surface area contributed by atoms with Gasteiger partial charge in [-0.05, 0) is 24.9 Å². The number of aryl methyl sites for hydroxylation is 2. The van der Waals surface area contributed by atoms with Gasteiger partial charge in [0.1, 0.15) is 0 Å². The molecule has 0 aliphatic rings. The molecular weight excluding hydrogens is 210 g/mol. The van der Waals surface area contributed by atoms with Crippen molar-refractivity contribution in [2.24, 2.45) is 12.8 Å². The van der Waals surface area contributed by atoms with Gasteiger partial charge in [0.2, 0.25) is 0 Å². The lowest BCUT2D eigenvalue weighted by molar-refractivity contribution is 0.665. The number of nitrogens with two attached hydrogens (primary N) is 1. The Kier molecular flexibility index (Phi) is 4.98. The summed E-state index contributed by atoms with van der Waals surface area (Å²) in [6.45, 7) is 2.60. The summed E-state index contributed by atoms with van der Waals surface area (Å²) >= 11 is 0. The predicted octanol–water partition coefficient (Wildman–Crippen LogP) is 0.449. The van der Waals surface area contributed by atoms with E-state index in [9.17, 15) is 4.21 Å². The molecule has 15 heavy (non-hydrogen) atoms. The molecule has 0 saturated heterocycles. The van der Waals surface area contributed by atoms with Crippen molar-refractivity contribution in [3.05, 3.63) is 18.0 Å². The van der Waals surface area contributed by atoms with Crippen molar-refractivity contribution in [1.82, 2.24) is 9.78 Å². The fourth-order valence-electron chi connectivity index (χ4n) is 1.39. The van der Waals surface area contributed by atoms with Crippen molar-refractivity contribution in [3.8, 4) is 0 Å². The molecular formula is C10H19N3OS. The molecule has 1 aromatic rings. The first-order valence-electron chi connectivity index (χ1n) is 5.18. The maximum Gasteiger partial charge on any atom is 0.0521 e. The molecule has 4 nitrogen and oxygen atoms in total. The monoisotopic (exact) mass is 229 g/mol. The van der Waals surface area contributed by atoms with Crippen molar-refractivity contribution in [2.45, 2.75) is 25.0 Å². The van der Waals surface area contributed by atoms with Crippen LogP contribution in [-0.2, 0) is 24.3 Å². The lowest BCUT2D eigenvalue weighted by Crippen LogP contribution is -2.19. The normalized spacial score (nSPS) is 15.1. The molecule has 0 radical (unpaired) electrons. The molecule has 0 amide bonds. The quantitative estimate of drug-likeness (QED) is 0.770. The standard InChI is InChI=1S/C10H19N3OS/c1-9(3-5-11)15(14)6-4-10-7-12-13(2)8-10/h7-9H,3-6,11H2,1-2H3. The van der Waals surface area contributed by atoms with Gasteiger partial charge in [0, 0.05) is 35.0 Å². The summed E-state index contributed by atoms with van der Waals surface area (Å²) in [6, 6.07) is 0. The number of nitrogens with zero attached hydrogens (tertiary/aromatic N) is 2. The molecule has 0 saturated carbocycles. The summed E-state index contributed by atoms with van der Waals surface area (Å²) in [5.41, 5.74) is 6.57. The van der Waals surface area contributed by atoms with Crippen molar-refractivity contribution >= 4 is 10.8 Å². The highest BCUT2D eigenvalue weighted by Gasteiger charge is 2.10. The molecule has 2 atom stereocenters. The number of rotatable bonds is 6. The zero-order valence-electron chi connectivity index (χ0n) is 9.35. The van der Waals surface area contributed by atoms with Gasteiger partial charge >= 0.3 is 0 Å². The minimum Gasteiger partial charge on any atom is -0.330 e. The number of aromatic nitrogens is 2. The third-order valence-electron chi connectivity index (χ3n) is 2.37. The highest BCUT2D eigenvalue weighted by atomic mass is 32.2. The summed E-state index contributed by atoms with van der Waals surface area (Å²) < 4.78 is 13.5. The molecule has 1 aromatic heterocycles. The lowest BCUT2D eigenvalue weighted by atomic mass is 10.3. The van der Waals surface area contributed by atoms with E-state index in [1.807, 2.05) is 26.4 Å². The van der Waals surface area contributed by atoms with E-state index in [0.29, 0.717) is 12.3 Å². The van der Waals surface area contributed by atoms with Gasteiger partial charge in [-0.15, -0.1) is 0 Å². The minimum atomic E-state index is -0.773. The zero-order chi connectivity index (χ0) is 11.3. The van der Waals surface area contributed by atoms with Crippen LogP contribution in [0.5, 0.6) is 0 Å². The maximum atomic E-state index is 11.7. The minimum absolute atomic E-state index is 0.201. The van der Waals surface area contributed by atoms with Crippen molar-refractivity contribution in [1.29, 1.82) is 0 Å². The third-order valence-corrected chi connectivity index (χ3v) is 4.11. The molecule has 0 fully saturated rings. The molecule has 5 heteroatoms. The molecule has 2 N–H and O–H groups in total. The second kappa shape index (κ2) is 6.02. The van der Waals surface area contributed by atoms with Gasteiger partial charge in [-0.3, -0.25) is 8.89 Å². The molecule has 2 unspecified atom stereocenters. The van der Waals surface area contributed by atoms with E-state index in [1.54, 1.807) is 4.68 Å². The number of hydrogen-bond acceptors (Lipinski definition) is 3. The molecule has 1 rings (SSSR count). The second-order valence-electron chi connectivity index (χ2n) is 3.75. The summed E-state index contributed by atoms with van der Waals surface area (Å²) in [7, 11) is 1.11. The highest BCUT2D eigenvalue weighted by Crippen LogP contribution is 2.04. The van der Waals surface area contributed by atoms with E-state index in [4.69, 9.17) is 5.73 Å². The average molecular weight is 229 g/mol. The van der Waals surface area contributed by atoms with Gasteiger partial charge in [-0.2, -0.15) is 5.10 Å². The van der Waals surface area contributed by atoms with Crippen molar-refractivity contribution in [3.63, 3.8) is 0 Å². The molecule has 1 heterocycles. The van der Waals surface area contributed by atoms with Gasteiger partial charge in [0.15, 0.2) is 0 Å². The van der Waals surface area contributed by atoms with Crippen LogP contribution in [0.3, 0.4) is 0 Å². The van der Waals surface area contributed by atoms with Crippen LogP contribution < -0.4 is 5.73 Å². The average Bonchev–Trinajstić information content (AvgIpc) is 2.61. The van der Waals surface area contributed by atoms with Crippen LogP contribution in [0.1, 0.15) is 18.9 Å². The first-order chi connectivity index (χ1) is 7.13. The third kappa shape index (κ3) is 4.13. The van der Waals surface area contributed by atoms with Gasteiger partial charge in [0.25, 0.3) is 0 Å². The van der Waals surface area contributed by atoms with Crippen molar-refractivity contribution in [2.75, 3.05) is 12.3 Å². The molecule has 0 aliphatic carbocycles. The van der Waals surface area contributed by atoms with E-state index in [-0.39, 0.29) is 5.25 Å². The van der Waals surface area contributed by atoms with Crippen LogP contribution in [0, 0.1) is 0 Å². The van der Waals surface area contributed by atoms with Crippen LogP contribution in [0.25, 0.3) is 0 Å². The summed E-state index contributed by atoms with van der Waals surface area (Å²) in [4.78, 5) is 0. The second-order valence-corrected chi connectivity index (χ2v) is 5.72. The Morgan fingerprint density at radius 3 is 2.93 bits per heavy atom. The maximum absolute atomic E-state index is 11.7. The first kappa shape index (κ1) is 12.4. The molecule has 86 valence electrons. The van der Waals surface area contributed by atoms with Crippen LogP contribution in [0.15, 0.2) is 12.4 Å². The Balaban J connectivity index is 2.34. The van der Waals surface area contributed by atoms with Gasteiger partial charge in [-0.25, -0.2) is 0 Å². The van der Waals surface area contributed by atoms with Crippen LogP contribution in [0.4, 0.5) is 0 Å². The molecule has 0 spiro atoms. The van der Waals surface area contributed by atoms with E-state index in [0.717, 1.165) is 18.4 Å². The topological polar surface area (TPSA) is 60.9 Å². The van der Waals surface area contributed by atoms with Crippen LogP contribution in [-0.4, -0.2) is 31.5 Å². The lowest BCUT2D eigenvalue weighted by Gasteiger charge is -2.08. The molecule has 0 aromatic carbocycles. The predicted molar refractivity (Wildman–Crippen MR) is 63.1 cm³/mol. The smallest absolute Gasteiger partial charge is 0.0521 e. The van der Waals surface area contributed by atoms with Gasteiger partial charge in [0.05, 0.1) is 6.20 Å². The van der Waals surface area contributed by atoms with Crippen molar-refractivity contribution < 1.29 is 4.21 Å².